The van der Waals surface area contributed by atoms with E-state index in [0.717, 1.165) is 31.6 Å². The van der Waals surface area contributed by atoms with Crippen LogP contribution in [0.5, 0.6) is 0 Å². The summed E-state index contributed by atoms with van der Waals surface area (Å²) in [6.07, 6.45) is 2.39. The first-order valence-corrected chi connectivity index (χ1v) is 7.82. The minimum Gasteiger partial charge on any atom is -0.465 e. The van der Waals surface area contributed by atoms with Crippen LogP contribution in [0.2, 0.25) is 0 Å². The fourth-order valence-corrected chi connectivity index (χ4v) is 2.25. The third-order valence-electron chi connectivity index (χ3n) is 3.29. The van der Waals surface area contributed by atoms with Crippen LogP contribution in [0.3, 0.4) is 0 Å². The number of esters is 1. The van der Waals surface area contributed by atoms with Crippen LogP contribution in [-0.4, -0.2) is 43.5 Å². The molecule has 5 heteroatoms. The second-order valence-electron chi connectivity index (χ2n) is 5.13. The first-order valence-electron chi connectivity index (χ1n) is 7.82. The largest absolute Gasteiger partial charge is 0.465 e. The number of nitrogens with one attached hydrogen (secondary N) is 1. The molecule has 0 heterocycles. The highest BCUT2D eigenvalue weighted by Gasteiger charge is 2.11. The number of hydrogen-bond donors (Lipinski definition) is 1. The van der Waals surface area contributed by atoms with E-state index in [2.05, 4.69) is 19.2 Å². The molecule has 0 aliphatic carbocycles. The summed E-state index contributed by atoms with van der Waals surface area (Å²) in [6, 6.07) is 7.09. The molecule has 0 aliphatic heterocycles. The normalized spacial score (nSPS) is 10.1. The fourth-order valence-electron chi connectivity index (χ4n) is 2.25. The topological polar surface area (TPSA) is 58.6 Å². The maximum Gasteiger partial charge on any atom is 0.337 e. The van der Waals surface area contributed by atoms with Gasteiger partial charge in [0, 0.05) is 31.7 Å². The third-order valence-corrected chi connectivity index (χ3v) is 3.29. The van der Waals surface area contributed by atoms with Crippen molar-refractivity contribution in [2.24, 2.45) is 0 Å². The van der Waals surface area contributed by atoms with E-state index in [-0.39, 0.29) is 11.9 Å². The van der Waals surface area contributed by atoms with Crippen molar-refractivity contribution in [3.05, 3.63) is 29.8 Å². The molecule has 1 rings (SSSR count). The predicted octanol–water partition coefficient (Wildman–Crippen LogP) is 2.92. The Hall–Kier alpha value is -2.04. The number of rotatable bonds is 9. The number of benzene rings is 1. The van der Waals surface area contributed by atoms with Crippen molar-refractivity contribution in [2.45, 2.75) is 33.1 Å². The lowest BCUT2D eigenvalue weighted by molar-refractivity contribution is -0.131. The van der Waals surface area contributed by atoms with Crippen LogP contribution in [0, 0.1) is 0 Å². The summed E-state index contributed by atoms with van der Waals surface area (Å²) in [6.45, 7) is 6.32. The second kappa shape index (κ2) is 9.82. The van der Waals surface area contributed by atoms with Crippen LogP contribution >= 0.6 is 0 Å². The van der Waals surface area contributed by atoms with Crippen molar-refractivity contribution in [3.63, 3.8) is 0 Å². The molecule has 0 saturated heterocycles. The van der Waals surface area contributed by atoms with Gasteiger partial charge in [0.2, 0.25) is 5.91 Å². The van der Waals surface area contributed by atoms with E-state index < -0.39 is 0 Å². The van der Waals surface area contributed by atoms with Gasteiger partial charge in [-0.3, -0.25) is 4.79 Å². The molecule has 1 amide bonds. The summed E-state index contributed by atoms with van der Waals surface area (Å²) in [5, 5.41) is 3.18. The van der Waals surface area contributed by atoms with Crippen molar-refractivity contribution >= 4 is 17.6 Å². The van der Waals surface area contributed by atoms with Gasteiger partial charge in [0.25, 0.3) is 0 Å². The molecule has 0 radical (unpaired) electrons. The highest BCUT2D eigenvalue weighted by Crippen LogP contribution is 2.11. The van der Waals surface area contributed by atoms with Gasteiger partial charge in [-0.05, 0) is 31.0 Å². The van der Waals surface area contributed by atoms with Crippen LogP contribution in [0.4, 0.5) is 5.69 Å². The molecule has 0 bridgehead atoms. The van der Waals surface area contributed by atoms with Gasteiger partial charge in [0.05, 0.1) is 12.7 Å². The Balaban J connectivity index is 2.49. The van der Waals surface area contributed by atoms with Gasteiger partial charge in [0.1, 0.15) is 0 Å². The van der Waals surface area contributed by atoms with Gasteiger partial charge in [-0.25, -0.2) is 4.79 Å². The SMILES string of the molecule is CCCN(CCC)C(=O)CCNc1cccc(C(=O)OC)c1. The van der Waals surface area contributed by atoms with Crippen molar-refractivity contribution < 1.29 is 14.3 Å². The van der Waals surface area contributed by atoms with Gasteiger partial charge >= 0.3 is 5.97 Å². The van der Waals surface area contributed by atoms with Crippen molar-refractivity contribution in [1.82, 2.24) is 4.90 Å². The molecular weight excluding hydrogens is 280 g/mol. The Morgan fingerprint density at radius 1 is 1.18 bits per heavy atom. The number of ether oxygens (including phenoxy) is 1. The van der Waals surface area contributed by atoms with Crippen molar-refractivity contribution in [3.8, 4) is 0 Å². The highest BCUT2D eigenvalue weighted by atomic mass is 16.5. The van der Waals surface area contributed by atoms with E-state index in [1.54, 1.807) is 18.2 Å². The monoisotopic (exact) mass is 306 g/mol. The number of nitrogens with zero attached hydrogens (tertiary/aromatic N) is 1. The third kappa shape index (κ3) is 5.76. The average Bonchev–Trinajstić information content (AvgIpc) is 2.54. The molecule has 1 aromatic rings. The van der Waals surface area contributed by atoms with E-state index in [9.17, 15) is 9.59 Å². The first kappa shape index (κ1) is 18.0. The Bertz CT molecular complexity index is 483. The van der Waals surface area contributed by atoms with E-state index in [1.807, 2.05) is 11.0 Å². The zero-order valence-electron chi connectivity index (χ0n) is 13.7. The van der Waals surface area contributed by atoms with Crippen LogP contribution < -0.4 is 5.32 Å². The van der Waals surface area contributed by atoms with Crippen molar-refractivity contribution in [1.29, 1.82) is 0 Å². The lowest BCUT2D eigenvalue weighted by Gasteiger charge is -2.21. The number of methoxy groups -OCH3 is 1. The van der Waals surface area contributed by atoms with E-state index >= 15 is 0 Å². The molecule has 0 saturated carbocycles. The maximum atomic E-state index is 12.1. The zero-order valence-corrected chi connectivity index (χ0v) is 13.7. The van der Waals surface area contributed by atoms with Crippen LogP contribution in [0.25, 0.3) is 0 Å². The number of hydrogen-bond acceptors (Lipinski definition) is 4. The molecule has 1 aromatic carbocycles. The molecule has 0 atom stereocenters. The highest BCUT2D eigenvalue weighted by molar-refractivity contribution is 5.90. The van der Waals surface area contributed by atoms with Gasteiger partial charge in [0.15, 0.2) is 0 Å². The lowest BCUT2D eigenvalue weighted by Crippen LogP contribution is -2.33. The molecule has 1 N–H and O–H groups in total. The Morgan fingerprint density at radius 2 is 1.86 bits per heavy atom. The molecule has 0 spiro atoms. The maximum absolute atomic E-state index is 12.1. The van der Waals surface area contributed by atoms with Gasteiger partial charge in [-0.15, -0.1) is 0 Å². The first-order chi connectivity index (χ1) is 10.6. The van der Waals surface area contributed by atoms with Crippen molar-refractivity contribution in [2.75, 3.05) is 32.1 Å². The lowest BCUT2D eigenvalue weighted by atomic mass is 10.2. The Labute approximate surface area is 132 Å². The molecule has 0 aromatic heterocycles. The summed E-state index contributed by atoms with van der Waals surface area (Å²) < 4.78 is 4.69. The zero-order chi connectivity index (χ0) is 16.4. The van der Waals surface area contributed by atoms with E-state index in [4.69, 9.17) is 4.74 Å². The molecule has 122 valence electrons. The molecule has 0 aliphatic rings. The number of anilines is 1. The van der Waals surface area contributed by atoms with E-state index in [0.29, 0.717) is 18.5 Å². The quantitative estimate of drug-likeness (QED) is 0.713. The summed E-state index contributed by atoms with van der Waals surface area (Å²) >= 11 is 0. The molecule has 5 nitrogen and oxygen atoms in total. The van der Waals surface area contributed by atoms with Gasteiger partial charge < -0.3 is 15.0 Å². The Morgan fingerprint density at radius 3 is 2.45 bits per heavy atom. The fraction of sp³-hybridized carbons (Fsp3) is 0.529. The predicted molar refractivity (Wildman–Crippen MR) is 88.1 cm³/mol. The van der Waals surface area contributed by atoms with Crippen LogP contribution in [-0.2, 0) is 9.53 Å². The van der Waals surface area contributed by atoms with Crippen LogP contribution in [0.15, 0.2) is 24.3 Å². The molecule has 0 fully saturated rings. The molecule has 0 unspecified atom stereocenters. The summed E-state index contributed by atoms with van der Waals surface area (Å²) in [7, 11) is 1.36. The average molecular weight is 306 g/mol. The number of carbonyl (C=O) groups excluding carboxylic acids is 2. The smallest absolute Gasteiger partial charge is 0.337 e. The molecular formula is C17H26N2O3. The number of carbonyl (C=O) groups is 2. The minimum atomic E-state index is -0.364. The molecule has 22 heavy (non-hydrogen) atoms. The Kier molecular flexibility index (Phi) is 8.04. The van der Waals surface area contributed by atoms with Gasteiger partial charge in [-0.2, -0.15) is 0 Å². The minimum absolute atomic E-state index is 0.167. The van der Waals surface area contributed by atoms with Gasteiger partial charge in [-0.1, -0.05) is 19.9 Å². The summed E-state index contributed by atoms with van der Waals surface area (Å²) in [5.41, 5.74) is 1.31. The summed E-state index contributed by atoms with van der Waals surface area (Å²) in [5.74, 6) is -0.197. The number of amides is 1. The summed E-state index contributed by atoms with van der Waals surface area (Å²) in [4.78, 5) is 25.5. The van der Waals surface area contributed by atoms with E-state index in [1.165, 1.54) is 7.11 Å². The standard InChI is InChI=1S/C17H26N2O3/c1-4-11-19(12-5-2)16(20)9-10-18-15-8-6-7-14(13-15)17(21)22-3/h6-8,13,18H,4-5,9-12H2,1-3H3. The second-order valence-corrected chi connectivity index (χ2v) is 5.13. The van der Waals surface area contributed by atoms with Crippen LogP contribution in [0.1, 0.15) is 43.5 Å².